The van der Waals surface area contributed by atoms with E-state index in [9.17, 15) is 9.00 Å². The van der Waals surface area contributed by atoms with Crippen LogP contribution in [0.4, 0.5) is 0 Å². The van der Waals surface area contributed by atoms with E-state index in [4.69, 9.17) is 0 Å². The molecule has 0 aliphatic carbocycles. The lowest BCUT2D eigenvalue weighted by molar-refractivity contribution is -0.133. The Kier molecular flexibility index (Phi) is 7.34. The molecule has 0 aromatic carbocycles. The SMILES string of the molecule is CCC(C)C1NC(CC(C)C)N(C(C)CCS(C)=O)C1=O. The third kappa shape index (κ3) is 5.06. The van der Waals surface area contributed by atoms with Crippen molar-refractivity contribution in [3.63, 3.8) is 0 Å². The Bertz CT molecular complexity index is 373. The fraction of sp³-hybridized carbons (Fsp3) is 0.938. The van der Waals surface area contributed by atoms with Crippen LogP contribution in [0.3, 0.4) is 0 Å². The number of nitrogens with zero attached hydrogens (tertiary/aromatic N) is 1. The largest absolute Gasteiger partial charge is 0.323 e. The summed E-state index contributed by atoms with van der Waals surface area (Å²) in [7, 11) is -0.797. The topological polar surface area (TPSA) is 49.4 Å². The number of hydrogen-bond donors (Lipinski definition) is 1. The first kappa shape index (κ1) is 18.6. The van der Waals surface area contributed by atoms with Crippen molar-refractivity contribution in [2.75, 3.05) is 12.0 Å². The van der Waals surface area contributed by atoms with Gasteiger partial charge in [-0.25, -0.2) is 0 Å². The predicted octanol–water partition coefficient (Wildman–Crippen LogP) is 2.36. The molecular formula is C16H32N2O2S. The lowest BCUT2D eigenvalue weighted by Gasteiger charge is -2.31. The fourth-order valence-corrected chi connectivity index (χ4v) is 3.62. The molecule has 21 heavy (non-hydrogen) atoms. The van der Waals surface area contributed by atoms with E-state index in [0.717, 1.165) is 19.3 Å². The van der Waals surface area contributed by atoms with Crippen molar-refractivity contribution in [2.24, 2.45) is 11.8 Å². The van der Waals surface area contributed by atoms with Gasteiger partial charge < -0.3 is 4.90 Å². The van der Waals surface area contributed by atoms with E-state index >= 15 is 0 Å². The quantitative estimate of drug-likeness (QED) is 0.748. The van der Waals surface area contributed by atoms with Gasteiger partial charge in [0.15, 0.2) is 0 Å². The third-order valence-electron chi connectivity index (χ3n) is 4.43. The molecule has 1 N–H and O–H groups in total. The molecule has 1 rings (SSSR count). The highest BCUT2D eigenvalue weighted by molar-refractivity contribution is 7.84. The molecular weight excluding hydrogens is 284 g/mol. The summed E-state index contributed by atoms with van der Waals surface area (Å²) in [4.78, 5) is 14.8. The van der Waals surface area contributed by atoms with Crippen LogP contribution in [0, 0.1) is 11.8 Å². The Morgan fingerprint density at radius 3 is 2.38 bits per heavy atom. The van der Waals surface area contributed by atoms with Gasteiger partial charge in [-0.1, -0.05) is 34.1 Å². The first-order valence-corrected chi connectivity index (χ1v) is 9.88. The Morgan fingerprint density at radius 1 is 1.29 bits per heavy atom. The molecule has 0 radical (unpaired) electrons. The smallest absolute Gasteiger partial charge is 0.241 e. The number of carbonyl (C=O) groups is 1. The average molecular weight is 317 g/mol. The molecule has 1 amide bonds. The molecule has 1 heterocycles. The van der Waals surface area contributed by atoms with Crippen molar-refractivity contribution in [1.82, 2.24) is 10.2 Å². The highest BCUT2D eigenvalue weighted by atomic mass is 32.2. The zero-order valence-corrected chi connectivity index (χ0v) is 15.2. The summed E-state index contributed by atoms with van der Waals surface area (Å²) in [5.41, 5.74) is 0. The van der Waals surface area contributed by atoms with E-state index in [-0.39, 0.29) is 24.2 Å². The first-order chi connectivity index (χ1) is 9.77. The molecule has 5 atom stereocenters. The Morgan fingerprint density at radius 2 is 1.90 bits per heavy atom. The van der Waals surface area contributed by atoms with Gasteiger partial charge in [0.25, 0.3) is 0 Å². The van der Waals surface area contributed by atoms with Gasteiger partial charge in [-0.15, -0.1) is 0 Å². The van der Waals surface area contributed by atoms with Crippen molar-refractivity contribution in [3.05, 3.63) is 0 Å². The van der Waals surface area contributed by atoms with E-state index in [1.165, 1.54) is 0 Å². The molecule has 0 aromatic heterocycles. The lowest BCUT2D eigenvalue weighted by atomic mass is 9.99. The van der Waals surface area contributed by atoms with Crippen LogP contribution in [0.1, 0.15) is 53.9 Å². The zero-order valence-electron chi connectivity index (χ0n) is 14.4. The van der Waals surface area contributed by atoms with Crippen LogP contribution in [0.2, 0.25) is 0 Å². The molecule has 5 unspecified atom stereocenters. The van der Waals surface area contributed by atoms with Gasteiger partial charge in [0.2, 0.25) is 5.91 Å². The minimum Gasteiger partial charge on any atom is -0.323 e. The molecule has 0 spiro atoms. The summed E-state index contributed by atoms with van der Waals surface area (Å²) >= 11 is 0. The van der Waals surface area contributed by atoms with Gasteiger partial charge in [0, 0.05) is 28.9 Å². The highest BCUT2D eigenvalue weighted by Crippen LogP contribution is 2.26. The van der Waals surface area contributed by atoms with E-state index in [1.54, 1.807) is 6.26 Å². The monoisotopic (exact) mass is 316 g/mol. The van der Waals surface area contributed by atoms with E-state index in [2.05, 4.69) is 39.9 Å². The summed E-state index contributed by atoms with van der Waals surface area (Å²) < 4.78 is 11.3. The maximum absolute atomic E-state index is 12.8. The number of nitrogens with one attached hydrogen (secondary N) is 1. The number of rotatable bonds is 8. The summed E-state index contributed by atoms with van der Waals surface area (Å²) in [5.74, 6) is 1.78. The summed E-state index contributed by atoms with van der Waals surface area (Å²) in [5, 5.41) is 3.54. The molecule has 1 aliphatic heterocycles. The predicted molar refractivity (Wildman–Crippen MR) is 89.5 cm³/mol. The number of amides is 1. The molecule has 1 fully saturated rings. The second-order valence-corrected chi connectivity index (χ2v) is 8.39. The molecule has 124 valence electrons. The molecule has 1 aliphatic rings. The number of carbonyl (C=O) groups excluding carboxylic acids is 1. The second-order valence-electron chi connectivity index (χ2n) is 6.84. The Balaban J connectivity index is 2.83. The molecule has 0 saturated carbocycles. The van der Waals surface area contributed by atoms with Crippen molar-refractivity contribution < 1.29 is 9.00 Å². The van der Waals surface area contributed by atoms with Gasteiger partial charge in [-0.05, 0) is 31.6 Å². The van der Waals surface area contributed by atoms with Gasteiger partial charge in [0.05, 0.1) is 12.2 Å². The van der Waals surface area contributed by atoms with Crippen LogP contribution in [-0.4, -0.2) is 45.3 Å². The lowest BCUT2D eigenvalue weighted by Crippen LogP contribution is -2.44. The van der Waals surface area contributed by atoms with Crippen molar-refractivity contribution in [2.45, 2.75) is 72.1 Å². The molecule has 0 bridgehead atoms. The van der Waals surface area contributed by atoms with Gasteiger partial charge >= 0.3 is 0 Å². The number of hydrogen-bond acceptors (Lipinski definition) is 3. The molecule has 0 aromatic rings. The van der Waals surface area contributed by atoms with Crippen molar-refractivity contribution in [3.8, 4) is 0 Å². The summed E-state index contributed by atoms with van der Waals surface area (Å²) in [6.07, 6.45) is 4.62. The average Bonchev–Trinajstić information content (AvgIpc) is 2.71. The van der Waals surface area contributed by atoms with Crippen LogP contribution >= 0.6 is 0 Å². The van der Waals surface area contributed by atoms with Gasteiger partial charge in [-0.3, -0.25) is 14.3 Å². The van der Waals surface area contributed by atoms with Crippen LogP contribution in [0.15, 0.2) is 0 Å². The maximum Gasteiger partial charge on any atom is 0.241 e. The minimum absolute atomic E-state index is 0.0617. The van der Waals surface area contributed by atoms with Crippen LogP contribution in [0.5, 0.6) is 0 Å². The Hall–Kier alpha value is -0.420. The van der Waals surface area contributed by atoms with Crippen LogP contribution in [-0.2, 0) is 15.6 Å². The van der Waals surface area contributed by atoms with E-state index in [0.29, 0.717) is 17.6 Å². The molecule has 4 nitrogen and oxygen atoms in total. The standard InChI is InChI=1S/C16H32N2O2S/c1-7-12(4)15-16(19)18(13(5)8-9-21(6)20)14(17-15)10-11(2)3/h11-15,17H,7-10H2,1-6H3. The highest BCUT2D eigenvalue weighted by Gasteiger charge is 2.42. The molecule has 5 heteroatoms. The first-order valence-electron chi connectivity index (χ1n) is 8.16. The van der Waals surface area contributed by atoms with E-state index in [1.807, 2.05) is 4.90 Å². The normalized spacial score (nSPS) is 27.2. The Labute approximate surface area is 132 Å². The van der Waals surface area contributed by atoms with Crippen molar-refractivity contribution in [1.29, 1.82) is 0 Å². The van der Waals surface area contributed by atoms with Crippen LogP contribution < -0.4 is 5.32 Å². The third-order valence-corrected chi connectivity index (χ3v) is 5.24. The second kappa shape index (κ2) is 8.28. The summed E-state index contributed by atoms with van der Waals surface area (Å²) in [6, 6.07) is 0.0834. The van der Waals surface area contributed by atoms with E-state index < -0.39 is 10.8 Å². The van der Waals surface area contributed by atoms with Gasteiger partial charge in [-0.2, -0.15) is 0 Å². The van der Waals surface area contributed by atoms with Crippen molar-refractivity contribution >= 4 is 16.7 Å². The maximum atomic E-state index is 12.8. The van der Waals surface area contributed by atoms with Gasteiger partial charge in [0.1, 0.15) is 0 Å². The zero-order chi connectivity index (χ0) is 16.2. The summed E-state index contributed by atoms with van der Waals surface area (Å²) in [6.45, 7) is 10.7. The van der Waals surface area contributed by atoms with Crippen LogP contribution in [0.25, 0.3) is 0 Å². The molecule has 1 saturated heterocycles. The minimum atomic E-state index is -0.797. The fourth-order valence-electron chi connectivity index (χ4n) is 2.94.